The second-order valence-electron chi connectivity index (χ2n) is 3.42. The lowest BCUT2D eigenvalue weighted by atomic mass is 10.3. The fourth-order valence-electron chi connectivity index (χ4n) is 1.26. The van der Waals surface area contributed by atoms with E-state index in [1.54, 1.807) is 0 Å². The molecular weight excluding hydrogens is 258 g/mol. The van der Waals surface area contributed by atoms with Crippen LogP contribution in [0.4, 0.5) is 5.69 Å². The standard InChI is InChI=1S/C11H8ClN3O3/c12-7-5-6(16)1-2-8(7)13-11(18)9-3-4-10(17)15-14-9/h1-5,16H,(H,13,18)(H,15,17). The summed E-state index contributed by atoms with van der Waals surface area (Å²) in [6.45, 7) is 0. The average Bonchev–Trinajstić information content (AvgIpc) is 2.33. The number of rotatable bonds is 2. The molecule has 0 unspecified atom stereocenters. The van der Waals surface area contributed by atoms with Crippen molar-refractivity contribution in [2.45, 2.75) is 0 Å². The first-order valence-electron chi connectivity index (χ1n) is 4.92. The number of carbonyl (C=O) groups is 1. The van der Waals surface area contributed by atoms with E-state index in [0.717, 1.165) is 0 Å². The third-order valence-electron chi connectivity index (χ3n) is 2.11. The molecule has 1 heterocycles. The molecule has 1 aromatic heterocycles. The predicted molar refractivity (Wildman–Crippen MR) is 65.9 cm³/mol. The van der Waals surface area contributed by atoms with Gasteiger partial charge in [0, 0.05) is 12.1 Å². The summed E-state index contributed by atoms with van der Waals surface area (Å²) in [6.07, 6.45) is 0. The topological polar surface area (TPSA) is 95.1 Å². The van der Waals surface area contributed by atoms with Crippen molar-refractivity contribution >= 4 is 23.2 Å². The van der Waals surface area contributed by atoms with Crippen molar-refractivity contribution < 1.29 is 9.90 Å². The minimum absolute atomic E-state index is 0.000153. The summed E-state index contributed by atoms with van der Waals surface area (Å²) < 4.78 is 0. The Morgan fingerprint density at radius 2 is 2.11 bits per heavy atom. The Hall–Kier alpha value is -2.34. The smallest absolute Gasteiger partial charge is 0.276 e. The summed E-state index contributed by atoms with van der Waals surface area (Å²) in [5.74, 6) is -0.515. The molecule has 0 atom stereocenters. The van der Waals surface area contributed by atoms with E-state index >= 15 is 0 Å². The first kappa shape index (κ1) is 12.1. The highest BCUT2D eigenvalue weighted by atomic mass is 35.5. The molecule has 6 nitrogen and oxygen atoms in total. The van der Waals surface area contributed by atoms with E-state index in [1.807, 2.05) is 0 Å². The molecule has 1 amide bonds. The molecule has 0 spiro atoms. The number of anilines is 1. The van der Waals surface area contributed by atoms with E-state index in [0.29, 0.717) is 5.69 Å². The lowest BCUT2D eigenvalue weighted by Crippen LogP contribution is -2.17. The SMILES string of the molecule is O=C(Nc1ccc(O)cc1Cl)c1ccc(=O)[nH]n1. The van der Waals surface area contributed by atoms with Crippen LogP contribution in [0.2, 0.25) is 5.02 Å². The normalized spacial score (nSPS) is 10.1. The van der Waals surface area contributed by atoms with Crippen LogP contribution in [-0.4, -0.2) is 21.2 Å². The van der Waals surface area contributed by atoms with E-state index in [4.69, 9.17) is 16.7 Å². The van der Waals surface area contributed by atoms with Gasteiger partial charge in [-0.1, -0.05) is 11.6 Å². The first-order chi connectivity index (χ1) is 8.56. The zero-order valence-electron chi connectivity index (χ0n) is 8.98. The third kappa shape index (κ3) is 2.67. The molecule has 92 valence electrons. The molecule has 1 aromatic carbocycles. The molecule has 0 aliphatic carbocycles. The minimum atomic E-state index is -0.515. The van der Waals surface area contributed by atoms with Gasteiger partial charge in [0.15, 0.2) is 0 Å². The minimum Gasteiger partial charge on any atom is -0.508 e. The number of H-pyrrole nitrogens is 1. The van der Waals surface area contributed by atoms with Crippen LogP contribution in [-0.2, 0) is 0 Å². The number of phenols is 1. The molecule has 3 N–H and O–H groups in total. The Kier molecular flexibility index (Phi) is 3.29. The van der Waals surface area contributed by atoms with Crippen LogP contribution in [0.5, 0.6) is 5.75 Å². The molecule has 2 aromatic rings. The maximum Gasteiger partial charge on any atom is 0.276 e. The van der Waals surface area contributed by atoms with E-state index in [9.17, 15) is 9.59 Å². The molecule has 0 saturated heterocycles. The van der Waals surface area contributed by atoms with Crippen LogP contribution in [0.15, 0.2) is 35.1 Å². The van der Waals surface area contributed by atoms with Gasteiger partial charge >= 0.3 is 0 Å². The quantitative estimate of drug-likeness (QED) is 0.715. The van der Waals surface area contributed by atoms with Gasteiger partial charge < -0.3 is 10.4 Å². The van der Waals surface area contributed by atoms with Crippen LogP contribution in [0.3, 0.4) is 0 Å². The lowest BCUT2D eigenvalue weighted by Gasteiger charge is -2.06. The molecule has 0 fully saturated rings. The van der Waals surface area contributed by atoms with Gasteiger partial charge in [0.1, 0.15) is 11.4 Å². The number of carbonyl (C=O) groups excluding carboxylic acids is 1. The second-order valence-corrected chi connectivity index (χ2v) is 3.83. The summed E-state index contributed by atoms with van der Waals surface area (Å²) in [4.78, 5) is 22.5. The highest BCUT2D eigenvalue weighted by Crippen LogP contribution is 2.26. The Morgan fingerprint density at radius 3 is 2.72 bits per heavy atom. The fraction of sp³-hybridized carbons (Fsp3) is 0. The monoisotopic (exact) mass is 265 g/mol. The Labute approximate surface area is 106 Å². The number of aromatic amines is 1. The first-order valence-corrected chi connectivity index (χ1v) is 5.29. The van der Waals surface area contributed by atoms with Crippen LogP contribution in [0.1, 0.15) is 10.5 Å². The zero-order valence-corrected chi connectivity index (χ0v) is 9.73. The summed E-state index contributed by atoms with van der Waals surface area (Å²) in [5, 5.41) is 17.6. The highest BCUT2D eigenvalue weighted by molar-refractivity contribution is 6.34. The number of benzene rings is 1. The summed E-state index contributed by atoms with van der Waals surface area (Å²) >= 11 is 5.83. The molecule has 0 aliphatic rings. The van der Waals surface area contributed by atoms with Gasteiger partial charge in [-0.05, 0) is 18.2 Å². The molecule has 18 heavy (non-hydrogen) atoms. The second kappa shape index (κ2) is 4.89. The number of hydrogen-bond donors (Lipinski definition) is 3. The number of phenolic OH excluding ortho intramolecular Hbond substituents is 1. The fourth-order valence-corrected chi connectivity index (χ4v) is 1.48. The summed E-state index contributed by atoms with van der Waals surface area (Å²) in [7, 11) is 0. The molecule has 7 heteroatoms. The van der Waals surface area contributed by atoms with Crippen LogP contribution < -0.4 is 10.9 Å². The van der Waals surface area contributed by atoms with Crippen molar-refractivity contribution in [2.24, 2.45) is 0 Å². The van der Waals surface area contributed by atoms with Gasteiger partial charge in [-0.25, -0.2) is 5.10 Å². The highest BCUT2D eigenvalue weighted by Gasteiger charge is 2.10. The van der Waals surface area contributed by atoms with E-state index in [1.165, 1.54) is 30.3 Å². The van der Waals surface area contributed by atoms with Crippen molar-refractivity contribution in [3.05, 3.63) is 51.4 Å². The van der Waals surface area contributed by atoms with Gasteiger partial charge in [0.2, 0.25) is 0 Å². The van der Waals surface area contributed by atoms with Crippen molar-refractivity contribution in [3.8, 4) is 5.75 Å². The van der Waals surface area contributed by atoms with Crippen molar-refractivity contribution in [2.75, 3.05) is 5.32 Å². The molecule has 0 bridgehead atoms. The number of aromatic hydroxyl groups is 1. The Balaban J connectivity index is 2.21. The number of halogens is 1. The average molecular weight is 266 g/mol. The van der Waals surface area contributed by atoms with Gasteiger partial charge in [-0.3, -0.25) is 9.59 Å². The maximum absolute atomic E-state index is 11.7. The molecule has 0 aliphatic heterocycles. The van der Waals surface area contributed by atoms with Crippen molar-refractivity contribution in [3.63, 3.8) is 0 Å². The van der Waals surface area contributed by atoms with Crippen LogP contribution in [0.25, 0.3) is 0 Å². The third-order valence-corrected chi connectivity index (χ3v) is 2.43. The molecule has 0 saturated carbocycles. The number of nitrogens with one attached hydrogen (secondary N) is 2. The summed E-state index contributed by atoms with van der Waals surface area (Å²) in [5.41, 5.74) is 0.000393. The number of aromatic nitrogens is 2. The number of nitrogens with zero attached hydrogens (tertiary/aromatic N) is 1. The predicted octanol–water partition coefficient (Wildman–Crippen LogP) is 1.38. The van der Waals surface area contributed by atoms with Gasteiger partial charge in [-0.2, -0.15) is 5.10 Å². The van der Waals surface area contributed by atoms with Crippen molar-refractivity contribution in [1.82, 2.24) is 10.2 Å². The summed E-state index contributed by atoms with van der Waals surface area (Å²) in [6, 6.07) is 6.64. The largest absolute Gasteiger partial charge is 0.508 e. The van der Waals surface area contributed by atoms with Gasteiger partial charge in [0.25, 0.3) is 11.5 Å². The number of amides is 1. The van der Waals surface area contributed by atoms with E-state index < -0.39 is 11.5 Å². The Bertz CT molecular complexity index is 634. The van der Waals surface area contributed by atoms with E-state index in [2.05, 4.69) is 15.5 Å². The van der Waals surface area contributed by atoms with Gasteiger partial charge in [0.05, 0.1) is 10.7 Å². The molecule has 0 radical (unpaired) electrons. The Morgan fingerprint density at radius 1 is 1.33 bits per heavy atom. The van der Waals surface area contributed by atoms with Crippen LogP contribution >= 0.6 is 11.6 Å². The van der Waals surface area contributed by atoms with Crippen molar-refractivity contribution in [1.29, 1.82) is 0 Å². The number of hydrogen-bond acceptors (Lipinski definition) is 4. The molecular formula is C11H8ClN3O3. The van der Waals surface area contributed by atoms with E-state index in [-0.39, 0.29) is 16.5 Å². The maximum atomic E-state index is 11.7. The van der Waals surface area contributed by atoms with Gasteiger partial charge in [-0.15, -0.1) is 0 Å². The zero-order chi connectivity index (χ0) is 13.1. The van der Waals surface area contributed by atoms with Crippen LogP contribution in [0, 0.1) is 0 Å². The molecule has 2 rings (SSSR count). The lowest BCUT2D eigenvalue weighted by molar-refractivity contribution is 0.102.